The van der Waals surface area contributed by atoms with Gasteiger partial charge in [-0.2, -0.15) is 0 Å². The molecule has 0 saturated carbocycles. The Labute approximate surface area is 147 Å². The Balaban J connectivity index is 1.84. The maximum Gasteiger partial charge on any atom is 0.256 e. The number of amides is 2. The Hall–Kier alpha value is -1.75. The molecule has 0 aromatic heterocycles. The average molecular weight is 370 g/mol. The van der Waals surface area contributed by atoms with E-state index in [1.54, 1.807) is 42.5 Å². The Kier molecular flexibility index (Phi) is 4.48. The van der Waals surface area contributed by atoms with Crippen LogP contribution in [0.15, 0.2) is 42.5 Å². The summed E-state index contributed by atoms with van der Waals surface area (Å²) in [5.74, 6) is -0.658. The van der Waals surface area contributed by atoms with Crippen molar-refractivity contribution in [3.63, 3.8) is 0 Å². The zero-order valence-electron chi connectivity index (χ0n) is 11.7. The maximum absolute atomic E-state index is 12.5. The number of nitrogens with one attached hydrogen (secondary N) is 1. The first-order chi connectivity index (χ1) is 11.0. The summed E-state index contributed by atoms with van der Waals surface area (Å²) in [4.78, 5) is 25.9. The summed E-state index contributed by atoms with van der Waals surface area (Å²) in [6.07, 6.45) is 0.0459. The van der Waals surface area contributed by atoms with Gasteiger partial charge in [0, 0.05) is 5.69 Å². The van der Waals surface area contributed by atoms with Gasteiger partial charge in [-0.15, -0.1) is 0 Å². The molecule has 0 aliphatic carbocycles. The van der Waals surface area contributed by atoms with Crippen LogP contribution < -0.4 is 10.2 Å². The van der Waals surface area contributed by atoms with Gasteiger partial charge in [0.1, 0.15) is 6.04 Å². The number of rotatable bonds is 3. The van der Waals surface area contributed by atoms with Crippen molar-refractivity contribution >= 4 is 58.0 Å². The quantitative estimate of drug-likeness (QED) is 0.816. The second-order valence-electron chi connectivity index (χ2n) is 5.05. The second-order valence-corrected chi connectivity index (χ2v) is 6.27. The van der Waals surface area contributed by atoms with Gasteiger partial charge in [-0.25, -0.2) is 4.90 Å². The minimum absolute atomic E-state index is 0.0459. The highest BCUT2D eigenvalue weighted by Crippen LogP contribution is 2.31. The molecule has 3 rings (SSSR count). The average Bonchev–Trinajstić information content (AvgIpc) is 2.78. The van der Waals surface area contributed by atoms with Crippen LogP contribution in [0.5, 0.6) is 0 Å². The van der Waals surface area contributed by atoms with Crippen molar-refractivity contribution in [1.29, 1.82) is 0 Å². The summed E-state index contributed by atoms with van der Waals surface area (Å²) in [5.41, 5.74) is 1.01. The molecule has 0 unspecified atom stereocenters. The minimum Gasteiger partial charge on any atom is -0.373 e. The third-order valence-electron chi connectivity index (χ3n) is 3.50. The van der Waals surface area contributed by atoms with Crippen molar-refractivity contribution in [2.24, 2.45) is 0 Å². The van der Waals surface area contributed by atoms with Crippen LogP contribution in [0, 0.1) is 0 Å². The molecule has 0 spiro atoms. The van der Waals surface area contributed by atoms with Crippen molar-refractivity contribution in [2.45, 2.75) is 12.5 Å². The Morgan fingerprint density at radius 1 is 0.957 bits per heavy atom. The van der Waals surface area contributed by atoms with E-state index in [0.29, 0.717) is 26.4 Å². The normalized spacial score (nSPS) is 17.7. The number of hydrogen-bond acceptors (Lipinski definition) is 3. The number of imide groups is 1. The van der Waals surface area contributed by atoms with Crippen LogP contribution in [0.1, 0.15) is 6.42 Å². The van der Waals surface area contributed by atoms with E-state index < -0.39 is 6.04 Å². The van der Waals surface area contributed by atoms with E-state index in [2.05, 4.69) is 5.32 Å². The molecular weight excluding hydrogens is 359 g/mol. The largest absolute Gasteiger partial charge is 0.373 e. The smallest absolute Gasteiger partial charge is 0.256 e. The predicted molar refractivity (Wildman–Crippen MR) is 92.4 cm³/mol. The number of hydrogen-bond donors (Lipinski definition) is 1. The highest BCUT2D eigenvalue weighted by atomic mass is 35.5. The summed E-state index contributed by atoms with van der Waals surface area (Å²) >= 11 is 17.9. The molecule has 7 heteroatoms. The highest BCUT2D eigenvalue weighted by Gasteiger charge is 2.40. The van der Waals surface area contributed by atoms with Crippen LogP contribution in [0.2, 0.25) is 15.1 Å². The molecule has 4 nitrogen and oxygen atoms in total. The third-order valence-corrected chi connectivity index (χ3v) is 4.56. The van der Waals surface area contributed by atoms with Gasteiger partial charge < -0.3 is 5.32 Å². The topological polar surface area (TPSA) is 49.4 Å². The van der Waals surface area contributed by atoms with Gasteiger partial charge in [-0.05, 0) is 30.3 Å². The summed E-state index contributed by atoms with van der Waals surface area (Å²) in [6.45, 7) is 0. The Morgan fingerprint density at radius 3 is 2.39 bits per heavy atom. The fourth-order valence-electron chi connectivity index (χ4n) is 2.42. The molecule has 1 saturated heterocycles. The fourth-order valence-corrected chi connectivity index (χ4v) is 2.94. The SMILES string of the molecule is O=C1C[C@@H](Nc2ccc(Cl)c(Cl)c2)C(=O)N1c1ccccc1Cl. The first kappa shape index (κ1) is 16.1. The lowest BCUT2D eigenvalue weighted by Crippen LogP contribution is -2.35. The van der Waals surface area contributed by atoms with Crippen molar-refractivity contribution in [1.82, 2.24) is 0 Å². The van der Waals surface area contributed by atoms with Gasteiger partial charge in [0.25, 0.3) is 5.91 Å². The maximum atomic E-state index is 12.5. The van der Waals surface area contributed by atoms with Crippen LogP contribution >= 0.6 is 34.8 Å². The zero-order valence-corrected chi connectivity index (χ0v) is 14.0. The molecule has 0 bridgehead atoms. The standard InChI is InChI=1S/C16H11Cl3N2O2/c17-10-6-5-9(7-12(10)19)20-13-8-15(22)21(16(13)23)14-4-2-1-3-11(14)18/h1-7,13,20H,8H2/t13-/m1/s1. The highest BCUT2D eigenvalue weighted by molar-refractivity contribution is 6.42. The molecule has 23 heavy (non-hydrogen) atoms. The van der Waals surface area contributed by atoms with Crippen molar-refractivity contribution in [2.75, 3.05) is 10.2 Å². The van der Waals surface area contributed by atoms with E-state index in [1.165, 1.54) is 0 Å². The van der Waals surface area contributed by atoms with Crippen LogP contribution in [0.4, 0.5) is 11.4 Å². The molecule has 1 fully saturated rings. The molecule has 2 amide bonds. The summed E-state index contributed by atoms with van der Waals surface area (Å²) in [5, 5.41) is 4.15. The van der Waals surface area contributed by atoms with Crippen molar-refractivity contribution in [3.05, 3.63) is 57.5 Å². The lowest BCUT2D eigenvalue weighted by atomic mass is 10.2. The number of halogens is 3. The molecule has 1 atom stereocenters. The molecule has 0 radical (unpaired) electrons. The van der Waals surface area contributed by atoms with Gasteiger partial charge in [-0.3, -0.25) is 9.59 Å². The number of carbonyl (C=O) groups excluding carboxylic acids is 2. The zero-order chi connectivity index (χ0) is 16.6. The number of para-hydroxylation sites is 1. The molecule has 1 N–H and O–H groups in total. The molecule has 118 valence electrons. The summed E-state index contributed by atoms with van der Waals surface area (Å²) in [6, 6.07) is 11.0. The van der Waals surface area contributed by atoms with E-state index in [4.69, 9.17) is 34.8 Å². The first-order valence-electron chi connectivity index (χ1n) is 6.80. The molecule has 1 heterocycles. The van der Waals surface area contributed by atoms with Gasteiger partial charge in [0.2, 0.25) is 5.91 Å². The van der Waals surface area contributed by atoms with Crippen LogP contribution in [0.25, 0.3) is 0 Å². The lowest BCUT2D eigenvalue weighted by molar-refractivity contribution is -0.121. The van der Waals surface area contributed by atoms with E-state index >= 15 is 0 Å². The van der Waals surface area contributed by atoms with E-state index in [9.17, 15) is 9.59 Å². The fraction of sp³-hybridized carbons (Fsp3) is 0.125. The lowest BCUT2D eigenvalue weighted by Gasteiger charge is -2.17. The van der Waals surface area contributed by atoms with Crippen molar-refractivity contribution < 1.29 is 9.59 Å². The van der Waals surface area contributed by atoms with Gasteiger partial charge in [-0.1, -0.05) is 46.9 Å². The monoisotopic (exact) mass is 368 g/mol. The Bertz CT molecular complexity index is 795. The number of anilines is 2. The van der Waals surface area contributed by atoms with Crippen molar-refractivity contribution in [3.8, 4) is 0 Å². The number of carbonyl (C=O) groups is 2. The molecular formula is C16H11Cl3N2O2. The predicted octanol–water partition coefficient (Wildman–Crippen LogP) is 4.39. The molecule has 2 aromatic rings. The van der Waals surface area contributed by atoms with Gasteiger partial charge in [0.05, 0.1) is 27.2 Å². The molecule has 2 aromatic carbocycles. The first-order valence-corrected chi connectivity index (χ1v) is 7.93. The van der Waals surface area contributed by atoms with E-state index in [-0.39, 0.29) is 18.2 Å². The molecule has 1 aliphatic rings. The summed E-state index contributed by atoms with van der Waals surface area (Å²) in [7, 11) is 0. The summed E-state index contributed by atoms with van der Waals surface area (Å²) < 4.78 is 0. The molecule has 1 aliphatic heterocycles. The van der Waals surface area contributed by atoms with E-state index in [0.717, 1.165) is 4.90 Å². The third kappa shape index (κ3) is 3.15. The number of benzene rings is 2. The minimum atomic E-state index is -0.670. The Morgan fingerprint density at radius 2 is 1.70 bits per heavy atom. The number of nitrogens with zero attached hydrogens (tertiary/aromatic N) is 1. The van der Waals surface area contributed by atoms with E-state index in [1.807, 2.05) is 0 Å². The van der Waals surface area contributed by atoms with Crippen LogP contribution in [0.3, 0.4) is 0 Å². The van der Waals surface area contributed by atoms with Crippen LogP contribution in [-0.4, -0.2) is 17.9 Å². The van der Waals surface area contributed by atoms with Gasteiger partial charge in [0.15, 0.2) is 0 Å². The second kappa shape index (κ2) is 6.40. The van der Waals surface area contributed by atoms with Gasteiger partial charge >= 0.3 is 0 Å². The van der Waals surface area contributed by atoms with Crippen LogP contribution in [-0.2, 0) is 9.59 Å².